The van der Waals surface area contributed by atoms with Crippen molar-refractivity contribution in [3.05, 3.63) is 117 Å². The Balaban J connectivity index is 1.41. The highest BCUT2D eigenvalue weighted by Gasteiger charge is 2.29. The van der Waals surface area contributed by atoms with Crippen molar-refractivity contribution in [3.63, 3.8) is 0 Å². The molecule has 0 bridgehead atoms. The summed E-state index contributed by atoms with van der Waals surface area (Å²) in [5.74, 6) is -0.306. The summed E-state index contributed by atoms with van der Waals surface area (Å²) in [6.07, 6.45) is 1.33. The molecule has 0 saturated heterocycles. The van der Waals surface area contributed by atoms with Gasteiger partial charge in [-0.25, -0.2) is 13.8 Å². The van der Waals surface area contributed by atoms with Gasteiger partial charge in [-0.1, -0.05) is 29.8 Å². The molecule has 0 aliphatic heterocycles. The summed E-state index contributed by atoms with van der Waals surface area (Å²) in [6.45, 7) is 0.555. The van der Waals surface area contributed by atoms with Crippen molar-refractivity contribution >= 4 is 56.7 Å². The second-order valence-electron chi connectivity index (χ2n) is 9.59. The Hall–Kier alpha value is -5.47. The minimum atomic E-state index is -4.43. The van der Waals surface area contributed by atoms with Crippen molar-refractivity contribution in [2.24, 2.45) is 5.10 Å². The van der Waals surface area contributed by atoms with Gasteiger partial charge in [0.1, 0.15) is 18.0 Å². The van der Waals surface area contributed by atoms with Crippen molar-refractivity contribution in [1.82, 2.24) is 5.43 Å². The van der Waals surface area contributed by atoms with Crippen molar-refractivity contribution in [2.75, 3.05) is 29.9 Å². The molecule has 13 nitrogen and oxygen atoms in total. The van der Waals surface area contributed by atoms with Gasteiger partial charge in [0.15, 0.2) is 6.61 Å². The molecule has 4 rings (SSSR count). The van der Waals surface area contributed by atoms with Crippen LogP contribution in [-0.2, 0) is 19.6 Å². The molecule has 0 heterocycles. The normalized spacial score (nSPS) is 11.1. The SMILES string of the molecule is COc1ccc(N(CC(=O)N/N=C/c2ccc(OCC(=O)Nc3ccccc3Cl)cc2)S(=O)(=O)c2ccc(C)c([N+](=O)[O-])c2)cc1. The largest absolute Gasteiger partial charge is 0.497 e. The maximum Gasteiger partial charge on any atom is 0.273 e. The molecule has 0 radical (unpaired) electrons. The second kappa shape index (κ2) is 15.0. The number of carbonyl (C=O) groups is 2. The van der Waals surface area contributed by atoms with Gasteiger partial charge in [0.2, 0.25) is 0 Å². The van der Waals surface area contributed by atoms with Crippen LogP contribution >= 0.6 is 11.6 Å². The molecule has 0 aliphatic carbocycles. The van der Waals surface area contributed by atoms with Crippen LogP contribution in [0.1, 0.15) is 11.1 Å². The van der Waals surface area contributed by atoms with Crippen LogP contribution in [0.2, 0.25) is 5.02 Å². The molecule has 0 aromatic heterocycles. The number of ether oxygens (including phenoxy) is 2. The number of nitro groups is 1. The second-order valence-corrected chi connectivity index (χ2v) is 11.9. The summed E-state index contributed by atoms with van der Waals surface area (Å²) in [5.41, 5.74) is 3.37. The van der Waals surface area contributed by atoms with Crippen LogP contribution < -0.4 is 24.5 Å². The lowest BCUT2D eigenvalue weighted by Crippen LogP contribution is -2.39. The highest BCUT2D eigenvalue weighted by molar-refractivity contribution is 7.92. The number of hydrogen-bond acceptors (Lipinski definition) is 9. The number of rotatable bonds is 13. The molecule has 0 unspecified atom stereocenters. The highest BCUT2D eigenvalue weighted by Crippen LogP contribution is 2.29. The van der Waals surface area contributed by atoms with Crippen LogP contribution in [0.3, 0.4) is 0 Å². The summed E-state index contributed by atoms with van der Waals surface area (Å²) in [6, 6.07) is 22.7. The van der Waals surface area contributed by atoms with Gasteiger partial charge in [-0.3, -0.25) is 24.0 Å². The summed E-state index contributed by atoms with van der Waals surface area (Å²) >= 11 is 6.04. The standard InChI is InChI=1S/C31H28ClN5O8S/c1-21-7-16-26(17-29(21)37(40)41)46(42,43)36(23-10-14-24(44-2)15-11-23)19-30(38)35-33-18-22-8-12-25(13-9-22)45-20-31(39)34-28-6-4-3-5-27(28)32/h3-18H,19-20H2,1-2H3,(H,34,39)(H,35,38)/b33-18+. The molecule has 0 saturated carbocycles. The van der Waals surface area contributed by atoms with E-state index in [0.717, 1.165) is 10.4 Å². The van der Waals surface area contributed by atoms with Gasteiger partial charge in [0.25, 0.3) is 27.5 Å². The number of nitrogens with zero attached hydrogens (tertiary/aromatic N) is 3. The first-order valence-electron chi connectivity index (χ1n) is 13.5. The molecule has 0 spiro atoms. The van der Waals surface area contributed by atoms with E-state index in [1.165, 1.54) is 56.6 Å². The number of benzene rings is 4. The Morgan fingerprint density at radius 2 is 1.65 bits per heavy atom. The lowest BCUT2D eigenvalue weighted by atomic mass is 10.2. The minimum absolute atomic E-state index is 0.124. The molecule has 46 heavy (non-hydrogen) atoms. The predicted octanol–water partition coefficient (Wildman–Crippen LogP) is 4.93. The van der Waals surface area contributed by atoms with E-state index in [1.807, 2.05) is 0 Å². The molecule has 4 aromatic rings. The number of aryl methyl sites for hydroxylation is 1. The Morgan fingerprint density at radius 1 is 0.978 bits per heavy atom. The first-order chi connectivity index (χ1) is 22.0. The van der Waals surface area contributed by atoms with Gasteiger partial charge >= 0.3 is 0 Å². The molecule has 0 aliphatic rings. The van der Waals surface area contributed by atoms with E-state index in [2.05, 4.69) is 15.8 Å². The van der Waals surface area contributed by atoms with Crippen LogP contribution in [0.5, 0.6) is 11.5 Å². The van der Waals surface area contributed by atoms with Crippen molar-refractivity contribution < 1.29 is 32.4 Å². The van der Waals surface area contributed by atoms with Gasteiger partial charge in [-0.15, -0.1) is 0 Å². The maximum absolute atomic E-state index is 13.6. The monoisotopic (exact) mass is 665 g/mol. The summed E-state index contributed by atoms with van der Waals surface area (Å²) in [7, 11) is -2.98. The molecular weight excluding hydrogens is 638 g/mol. The fourth-order valence-corrected chi connectivity index (χ4v) is 5.65. The van der Waals surface area contributed by atoms with Crippen molar-refractivity contribution in [1.29, 1.82) is 0 Å². The molecule has 4 aromatic carbocycles. The molecule has 2 N–H and O–H groups in total. The molecule has 0 fully saturated rings. The van der Waals surface area contributed by atoms with E-state index >= 15 is 0 Å². The number of para-hydroxylation sites is 1. The van der Waals surface area contributed by atoms with Crippen LogP contribution in [0.25, 0.3) is 0 Å². The van der Waals surface area contributed by atoms with E-state index in [4.69, 9.17) is 21.1 Å². The number of nitrogens with one attached hydrogen (secondary N) is 2. The van der Waals surface area contributed by atoms with Gasteiger partial charge in [0.05, 0.1) is 39.5 Å². The third kappa shape index (κ3) is 8.58. The van der Waals surface area contributed by atoms with Gasteiger partial charge in [0, 0.05) is 11.6 Å². The number of anilines is 2. The Bertz CT molecular complexity index is 1870. The quantitative estimate of drug-likeness (QED) is 0.115. The zero-order valence-corrected chi connectivity index (χ0v) is 26.1. The number of hydrogen-bond donors (Lipinski definition) is 2. The third-order valence-corrected chi connectivity index (χ3v) is 8.51. The fourth-order valence-electron chi connectivity index (χ4n) is 4.03. The molecule has 15 heteroatoms. The Kier molecular flexibility index (Phi) is 10.9. The lowest BCUT2D eigenvalue weighted by Gasteiger charge is -2.24. The van der Waals surface area contributed by atoms with E-state index < -0.39 is 33.3 Å². The summed E-state index contributed by atoms with van der Waals surface area (Å²) in [5, 5.41) is 18.4. The number of methoxy groups -OCH3 is 1. The zero-order valence-electron chi connectivity index (χ0n) is 24.5. The molecular formula is C31H28ClN5O8S. The fraction of sp³-hybridized carbons (Fsp3) is 0.129. The first-order valence-corrected chi connectivity index (χ1v) is 15.3. The average Bonchev–Trinajstić information content (AvgIpc) is 3.04. The molecule has 2 amide bonds. The van der Waals surface area contributed by atoms with E-state index in [0.29, 0.717) is 27.8 Å². The van der Waals surface area contributed by atoms with Crippen LogP contribution in [0, 0.1) is 17.0 Å². The number of amides is 2. The topological polar surface area (TPSA) is 170 Å². The predicted molar refractivity (Wildman–Crippen MR) is 173 cm³/mol. The van der Waals surface area contributed by atoms with Crippen LogP contribution in [0.4, 0.5) is 17.1 Å². The van der Waals surface area contributed by atoms with Crippen molar-refractivity contribution in [3.8, 4) is 11.5 Å². The van der Waals surface area contributed by atoms with E-state index in [1.54, 1.807) is 48.5 Å². The first kappa shape index (κ1) is 33.4. The number of hydrazone groups is 1. The van der Waals surface area contributed by atoms with Crippen molar-refractivity contribution in [2.45, 2.75) is 11.8 Å². The number of nitro benzene ring substituents is 1. The van der Waals surface area contributed by atoms with Crippen LogP contribution in [0.15, 0.2) is 101 Å². The zero-order chi connectivity index (χ0) is 33.3. The summed E-state index contributed by atoms with van der Waals surface area (Å²) < 4.78 is 38.7. The average molecular weight is 666 g/mol. The maximum atomic E-state index is 13.6. The minimum Gasteiger partial charge on any atom is -0.497 e. The third-order valence-electron chi connectivity index (χ3n) is 6.41. The van der Waals surface area contributed by atoms with Gasteiger partial charge in [-0.2, -0.15) is 5.10 Å². The van der Waals surface area contributed by atoms with Gasteiger partial charge < -0.3 is 14.8 Å². The van der Waals surface area contributed by atoms with Crippen LogP contribution in [-0.4, -0.2) is 51.6 Å². The van der Waals surface area contributed by atoms with E-state index in [-0.39, 0.29) is 28.4 Å². The molecule has 238 valence electrons. The lowest BCUT2D eigenvalue weighted by molar-refractivity contribution is -0.385. The molecule has 0 atom stereocenters. The smallest absolute Gasteiger partial charge is 0.273 e. The Labute approximate surface area is 269 Å². The number of halogens is 1. The Morgan fingerprint density at radius 3 is 2.30 bits per heavy atom. The number of sulfonamides is 1. The highest BCUT2D eigenvalue weighted by atomic mass is 35.5. The number of carbonyl (C=O) groups excluding carboxylic acids is 2. The summed E-state index contributed by atoms with van der Waals surface area (Å²) in [4.78, 5) is 35.5. The van der Waals surface area contributed by atoms with E-state index in [9.17, 15) is 28.1 Å². The van der Waals surface area contributed by atoms with Gasteiger partial charge in [-0.05, 0) is 79.2 Å².